The molecule has 0 unspecified atom stereocenters. The van der Waals surface area contributed by atoms with Crippen molar-refractivity contribution in [3.05, 3.63) is 82.4 Å². The molecule has 0 bridgehead atoms. The molecule has 0 saturated carbocycles. The first-order valence-electron chi connectivity index (χ1n) is 9.43. The largest absolute Gasteiger partial charge is 0.489 e. The van der Waals surface area contributed by atoms with Crippen LogP contribution in [-0.4, -0.2) is 11.1 Å². The van der Waals surface area contributed by atoms with Crippen LogP contribution in [0.1, 0.15) is 49.8 Å². The zero-order valence-electron chi connectivity index (χ0n) is 16.0. The van der Waals surface area contributed by atoms with E-state index >= 15 is 0 Å². The van der Waals surface area contributed by atoms with Crippen LogP contribution in [0.2, 0.25) is 0 Å². The highest BCUT2D eigenvalue weighted by Gasteiger charge is 2.13. The summed E-state index contributed by atoms with van der Waals surface area (Å²) < 4.78 is 6.03. The minimum atomic E-state index is -0.794. The van der Waals surface area contributed by atoms with Crippen molar-refractivity contribution in [2.24, 2.45) is 0 Å². The van der Waals surface area contributed by atoms with Gasteiger partial charge in [-0.2, -0.15) is 0 Å². The highest BCUT2D eigenvalue weighted by Crippen LogP contribution is 2.33. The molecule has 0 spiro atoms. The number of carboxylic acids is 1. The Morgan fingerprint density at radius 3 is 2.70 bits per heavy atom. The van der Waals surface area contributed by atoms with Crippen molar-refractivity contribution in [1.82, 2.24) is 0 Å². The van der Waals surface area contributed by atoms with Gasteiger partial charge in [-0.05, 0) is 73.1 Å². The number of rotatable bonds is 7. The highest BCUT2D eigenvalue weighted by atomic mass is 16.5. The second kappa shape index (κ2) is 8.72. The van der Waals surface area contributed by atoms with Crippen LogP contribution in [0.5, 0.6) is 5.75 Å². The number of carbonyl (C=O) groups is 1. The molecule has 2 aromatic rings. The topological polar surface area (TPSA) is 46.5 Å². The molecule has 2 aromatic carbocycles. The van der Waals surface area contributed by atoms with Gasteiger partial charge in [-0.3, -0.25) is 4.79 Å². The molecule has 0 aromatic heterocycles. The van der Waals surface area contributed by atoms with Gasteiger partial charge in [0.1, 0.15) is 12.4 Å². The lowest BCUT2D eigenvalue weighted by Crippen LogP contribution is -2.02. The minimum Gasteiger partial charge on any atom is -0.489 e. The molecule has 1 aliphatic carbocycles. The van der Waals surface area contributed by atoms with E-state index in [1.807, 2.05) is 24.3 Å². The number of allylic oxidation sites excluding steroid dienone is 4. The summed E-state index contributed by atoms with van der Waals surface area (Å²) in [4.78, 5) is 10.9. The summed E-state index contributed by atoms with van der Waals surface area (Å²) in [7, 11) is 0. The molecule has 3 nitrogen and oxygen atoms in total. The van der Waals surface area contributed by atoms with Gasteiger partial charge in [-0.15, -0.1) is 0 Å². The van der Waals surface area contributed by atoms with E-state index in [0.717, 1.165) is 29.7 Å². The summed E-state index contributed by atoms with van der Waals surface area (Å²) in [6.45, 7) is 4.86. The number of hydrogen-bond acceptors (Lipinski definition) is 2. The number of aryl methyl sites for hydroxylation is 1. The standard InChI is InChI=1S/C24H26O3/c1-17-7-5-8-18(2)24(17)21-11-6-9-19(15-21)16-27-22-12-4-3-10-20(22)13-14-23(25)26/h3-4,6-7,9-12,15H,5,8,13-14,16H2,1-2H3,(H,25,26). The van der Waals surface area contributed by atoms with Crippen LogP contribution in [0.3, 0.4) is 0 Å². The van der Waals surface area contributed by atoms with Gasteiger partial charge in [0.05, 0.1) is 0 Å². The fraction of sp³-hybridized carbons (Fsp3) is 0.292. The summed E-state index contributed by atoms with van der Waals surface area (Å²) >= 11 is 0. The van der Waals surface area contributed by atoms with Gasteiger partial charge in [-0.25, -0.2) is 0 Å². The quantitative estimate of drug-likeness (QED) is 0.677. The summed E-state index contributed by atoms with van der Waals surface area (Å²) in [5, 5.41) is 8.92. The van der Waals surface area contributed by atoms with Gasteiger partial charge < -0.3 is 9.84 Å². The van der Waals surface area contributed by atoms with Crippen LogP contribution in [0.4, 0.5) is 0 Å². The zero-order chi connectivity index (χ0) is 19.2. The molecule has 0 heterocycles. The van der Waals surface area contributed by atoms with Gasteiger partial charge in [0.15, 0.2) is 0 Å². The molecule has 0 aliphatic heterocycles. The Labute approximate surface area is 161 Å². The minimum absolute atomic E-state index is 0.106. The average Bonchev–Trinajstić information content (AvgIpc) is 2.65. The lowest BCUT2D eigenvalue weighted by molar-refractivity contribution is -0.136. The third kappa shape index (κ3) is 4.88. The van der Waals surface area contributed by atoms with Crippen molar-refractivity contribution in [3.63, 3.8) is 0 Å². The number of para-hydroxylation sites is 1. The predicted octanol–water partition coefficient (Wildman–Crippen LogP) is 5.80. The monoisotopic (exact) mass is 362 g/mol. The van der Waals surface area contributed by atoms with E-state index in [-0.39, 0.29) is 6.42 Å². The van der Waals surface area contributed by atoms with E-state index < -0.39 is 5.97 Å². The Morgan fingerprint density at radius 1 is 1.11 bits per heavy atom. The lowest BCUT2D eigenvalue weighted by atomic mass is 9.87. The number of hydrogen-bond donors (Lipinski definition) is 1. The van der Waals surface area contributed by atoms with E-state index in [0.29, 0.717) is 13.0 Å². The van der Waals surface area contributed by atoms with Gasteiger partial charge in [0.2, 0.25) is 0 Å². The molecule has 0 atom stereocenters. The Bertz CT molecular complexity index is 890. The molecule has 0 radical (unpaired) electrons. The van der Waals surface area contributed by atoms with Crippen molar-refractivity contribution in [1.29, 1.82) is 0 Å². The molecule has 0 amide bonds. The average molecular weight is 362 g/mol. The van der Waals surface area contributed by atoms with Gasteiger partial charge in [0.25, 0.3) is 0 Å². The van der Waals surface area contributed by atoms with Crippen molar-refractivity contribution < 1.29 is 14.6 Å². The van der Waals surface area contributed by atoms with E-state index in [1.165, 1.54) is 22.3 Å². The van der Waals surface area contributed by atoms with E-state index in [2.05, 4.69) is 44.2 Å². The molecule has 27 heavy (non-hydrogen) atoms. The number of benzene rings is 2. The van der Waals surface area contributed by atoms with Crippen LogP contribution in [0.25, 0.3) is 5.57 Å². The fourth-order valence-electron chi connectivity index (χ4n) is 3.61. The van der Waals surface area contributed by atoms with E-state index in [4.69, 9.17) is 9.84 Å². The predicted molar refractivity (Wildman–Crippen MR) is 109 cm³/mol. The Kier molecular flexibility index (Phi) is 6.12. The number of aliphatic carboxylic acids is 1. The zero-order valence-corrected chi connectivity index (χ0v) is 16.0. The van der Waals surface area contributed by atoms with Crippen molar-refractivity contribution in [3.8, 4) is 5.75 Å². The number of ether oxygens (including phenoxy) is 1. The maximum absolute atomic E-state index is 10.9. The highest BCUT2D eigenvalue weighted by molar-refractivity contribution is 5.81. The molecular weight excluding hydrogens is 336 g/mol. The first-order chi connectivity index (χ1) is 13.0. The Hall–Kier alpha value is -2.81. The van der Waals surface area contributed by atoms with E-state index in [9.17, 15) is 4.79 Å². The fourth-order valence-corrected chi connectivity index (χ4v) is 3.61. The number of carboxylic acid groups (broad SMARTS) is 1. The maximum Gasteiger partial charge on any atom is 0.303 e. The first kappa shape index (κ1) is 19.0. The summed E-state index contributed by atoms with van der Waals surface area (Å²) in [5.41, 5.74) is 7.41. The molecule has 140 valence electrons. The smallest absolute Gasteiger partial charge is 0.303 e. The second-order valence-electron chi connectivity index (χ2n) is 7.07. The van der Waals surface area contributed by atoms with E-state index in [1.54, 1.807) is 0 Å². The molecule has 0 fully saturated rings. The van der Waals surface area contributed by atoms with Crippen molar-refractivity contribution in [2.75, 3.05) is 0 Å². The van der Waals surface area contributed by atoms with Gasteiger partial charge in [-0.1, -0.05) is 48.0 Å². The van der Waals surface area contributed by atoms with Gasteiger partial charge in [0, 0.05) is 6.42 Å². The first-order valence-corrected chi connectivity index (χ1v) is 9.43. The summed E-state index contributed by atoms with van der Waals surface area (Å²) in [6, 6.07) is 16.2. The molecule has 3 heteroatoms. The van der Waals surface area contributed by atoms with Crippen molar-refractivity contribution >= 4 is 11.5 Å². The second-order valence-corrected chi connectivity index (χ2v) is 7.07. The molecule has 1 aliphatic rings. The Balaban J connectivity index is 1.75. The third-order valence-corrected chi connectivity index (χ3v) is 4.98. The van der Waals surface area contributed by atoms with Crippen molar-refractivity contribution in [2.45, 2.75) is 46.1 Å². The third-order valence-electron chi connectivity index (χ3n) is 4.98. The molecule has 0 saturated heterocycles. The SMILES string of the molecule is CC1=CCCC(C)=C1c1cccc(COc2ccccc2CCC(=O)O)c1. The maximum atomic E-state index is 10.9. The lowest BCUT2D eigenvalue weighted by Gasteiger charge is -2.19. The molecular formula is C24H26O3. The van der Waals surface area contributed by atoms with Crippen LogP contribution >= 0.6 is 0 Å². The normalized spacial score (nSPS) is 14.1. The van der Waals surface area contributed by atoms with Crippen LogP contribution in [0, 0.1) is 0 Å². The summed E-state index contributed by atoms with van der Waals surface area (Å²) in [6.07, 6.45) is 5.13. The molecule has 3 rings (SSSR count). The van der Waals surface area contributed by atoms with Crippen LogP contribution in [-0.2, 0) is 17.8 Å². The summed E-state index contributed by atoms with van der Waals surface area (Å²) in [5.74, 6) is -0.0367. The Morgan fingerprint density at radius 2 is 1.93 bits per heavy atom. The molecule has 1 N–H and O–H groups in total. The van der Waals surface area contributed by atoms with Crippen LogP contribution in [0.15, 0.2) is 65.8 Å². The van der Waals surface area contributed by atoms with Gasteiger partial charge >= 0.3 is 5.97 Å². The van der Waals surface area contributed by atoms with Crippen LogP contribution < -0.4 is 4.74 Å².